The summed E-state index contributed by atoms with van der Waals surface area (Å²) >= 11 is 1.74. The van der Waals surface area contributed by atoms with Crippen LogP contribution in [0.15, 0.2) is 42.6 Å². The number of aromatic amines is 2. The molecule has 0 radical (unpaired) electrons. The van der Waals surface area contributed by atoms with Gasteiger partial charge in [-0.15, -0.1) is 11.3 Å². The number of hydrogen-bond donors (Lipinski definition) is 3. The Hall–Kier alpha value is -3.03. The zero-order valence-electron chi connectivity index (χ0n) is 16.7. The summed E-state index contributed by atoms with van der Waals surface area (Å²) in [5.74, 6) is 1.38. The second-order valence-electron chi connectivity index (χ2n) is 7.95. The maximum Gasteiger partial charge on any atom is 0.159 e. The molecule has 5 heterocycles. The van der Waals surface area contributed by atoms with Gasteiger partial charge in [-0.1, -0.05) is 6.07 Å². The molecule has 4 aromatic heterocycles. The number of hydrogen-bond acceptors (Lipinski definition) is 5. The zero-order valence-corrected chi connectivity index (χ0v) is 17.5. The fourth-order valence-electron chi connectivity index (χ4n) is 4.41. The second kappa shape index (κ2) is 7.04. The van der Waals surface area contributed by atoms with E-state index < -0.39 is 0 Å². The van der Waals surface area contributed by atoms with E-state index in [1.54, 1.807) is 11.3 Å². The molecule has 1 aromatic carbocycles. The monoisotopic (exact) mass is 414 g/mol. The minimum atomic E-state index is 0.604. The fourth-order valence-corrected chi connectivity index (χ4v) is 5.28. The molecule has 7 heteroatoms. The number of nitrogens with one attached hydrogen (secondary N) is 3. The third-order valence-electron chi connectivity index (χ3n) is 6.00. The first-order valence-electron chi connectivity index (χ1n) is 10.4. The Morgan fingerprint density at radius 3 is 2.73 bits per heavy atom. The summed E-state index contributed by atoms with van der Waals surface area (Å²) in [5.41, 5.74) is 6.08. The first-order chi connectivity index (χ1) is 14.8. The first kappa shape index (κ1) is 17.8. The average Bonchev–Trinajstić information content (AvgIpc) is 3.51. The van der Waals surface area contributed by atoms with Gasteiger partial charge in [-0.05, 0) is 74.7 Å². The van der Waals surface area contributed by atoms with E-state index in [1.165, 1.54) is 23.3 Å². The van der Waals surface area contributed by atoms with Crippen molar-refractivity contribution < 1.29 is 0 Å². The van der Waals surface area contributed by atoms with Crippen LogP contribution in [0.5, 0.6) is 0 Å². The van der Waals surface area contributed by atoms with E-state index in [4.69, 9.17) is 4.98 Å². The van der Waals surface area contributed by atoms with Crippen LogP contribution >= 0.6 is 11.3 Å². The highest BCUT2D eigenvalue weighted by Crippen LogP contribution is 2.34. The quantitative estimate of drug-likeness (QED) is 0.388. The summed E-state index contributed by atoms with van der Waals surface area (Å²) < 4.78 is 0. The number of pyridine rings is 1. The topological polar surface area (TPSA) is 82.3 Å². The molecule has 5 aromatic rings. The van der Waals surface area contributed by atoms with Crippen LogP contribution in [0, 0.1) is 6.92 Å². The molecule has 30 heavy (non-hydrogen) atoms. The molecule has 0 amide bonds. The maximum atomic E-state index is 4.93. The zero-order chi connectivity index (χ0) is 20.1. The predicted molar refractivity (Wildman–Crippen MR) is 122 cm³/mol. The molecule has 1 fully saturated rings. The Morgan fingerprint density at radius 2 is 1.90 bits per heavy atom. The van der Waals surface area contributed by atoms with Crippen LogP contribution in [-0.4, -0.2) is 38.2 Å². The van der Waals surface area contributed by atoms with Crippen molar-refractivity contribution in [3.05, 3.63) is 53.0 Å². The summed E-state index contributed by atoms with van der Waals surface area (Å²) in [7, 11) is 0. The van der Waals surface area contributed by atoms with Gasteiger partial charge in [-0.2, -0.15) is 5.10 Å². The number of rotatable bonds is 3. The van der Waals surface area contributed by atoms with E-state index in [0.717, 1.165) is 57.1 Å². The number of aromatic nitrogens is 5. The maximum absolute atomic E-state index is 4.93. The van der Waals surface area contributed by atoms with Crippen molar-refractivity contribution >= 4 is 33.3 Å². The van der Waals surface area contributed by atoms with E-state index in [9.17, 15) is 0 Å². The van der Waals surface area contributed by atoms with Gasteiger partial charge in [-0.25, -0.2) is 4.98 Å². The van der Waals surface area contributed by atoms with Gasteiger partial charge in [0.2, 0.25) is 0 Å². The highest BCUT2D eigenvalue weighted by Gasteiger charge is 2.19. The van der Waals surface area contributed by atoms with E-state index >= 15 is 0 Å². The summed E-state index contributed by atoms with van der Waals surface area (Å²) in [6.07, 6.45) is 4.20. The van der Waals surface area contributed by atoms with Crippen LogP contribution in [0.2, 0.25) is 0 Å². The van der Waals surface area contributed by atoms with E-state index in [2.05, 4.69) is 62.7 Å². The van der Waals surface area contributed by atoms with Gasteiger partial charge < -0.3 is 10.3 Å². The van der Waals surface area contributed by atoms with Gasteiger partial charge in [0.25, 0.3) is 0 Å². The summed E-state index contributed by atoms with van der Waals surface area (Å²) in [5, 5.41) is 12.3. The molecule has 0 spiro atoms. The van der Waals surface area contributed by atoms with Gasteiger partial charge >= 0.3 is 0 Å². The third-order valence-corrected chi connectivity index (χ3v) is 7.00. The molecule has 0 atom stereocenters. The Morgan fingerprint density at radius 1 is 1.00 bits per heavy atom. The number of aryl methyl sites for hydroxylation is 1. The number of imidazole rings is 1. The fraction of sp³-hybridized carbons (Fsp3) is 0.261. The highest BCUT2D eigenvalue weighted by molar-refractivity contribution is 7.15. The molecule has 0 aliphatic carbocycles. The molecule has 1 saturated heterocycles. The molecular weight excluding hydrogens is 392 g/mol. The lowest BCUT2D eigenvalue weighted by Gasteiger charge is -2.23. The standard InChI is InChI=1S/C23H22N6S/c1-13-2-5-19(30-13)22-21-18(8-11-25-22)26-23(27-21)20-16-12-15(3-4-17(16)28-29-20)14-6-9-24-10-7-14/h2-5,8,11-12,14,24H,6-7,9-10H2,1H3,(H,26,27)(H,28,29). The van der Waals surface area contributed by atoms with Crippen molar-refractivity contribution in [2.75, 3.05) is 13.1 Å². The number of nitrogens with zero attached hydrogens (tertiary/aromatic N) is 3. The van der Waals surface area contributed by atoms with Crippen molar-refractivity contribution in [2.24, 2.45) is 0 Å². The Kier molecular flexibility index (Phi) is 4.17. The third kappa shape index (κ3) is 2.93. The van der Waals surface area contributed by atoms with Gasteiger partial charge in [0.15, 0.2) is 5.82 Å². The molecule has 1 aliphatic rings. The van der Waals surface area contributed by atoms with Crippen LogP contribution in [-0.2, 0) is 0 Å². The van der Waals surface area contributed by atoms with Crippen molar-refractivity contribution in [3.8, 4) is 22.1 Å². The van der Waals surface area contributed by atoms with E-state index in [0.29, 0.717) is 5.92 Å². The molecule has 1 aliphatic heterocycles. The van der Waals surface area contributed by atoms with Gasteiger partial charge in [0.05, 0.1) is 15.9 Å². The molecule has 0 bridgehead atoms. The lowest BCUT2D eigenvalue weighted by molar-refractivity contribution is 0.460. The van der Waals surface area contributed by atoms with Gasteiger partial charge in [-0.3, -0.25) is 10.1 Å². The number of benzene rings is 1. The molecule has 6 rings (SSSR count). The predicted octanol–water partition coefficient (Wildman–Crippen LogP) is 5.01. The van der Waals surface area contributed by atoms with Crippen molar-refractivity contribution in [3.63, 3.8) is 0 Å². The molecule has 0 saturated carbocycles. The number of thiophene rings is 1. The first-order valence-corrected chi connectivity index (χ1v) is 11.2. The molecule has 3 N–H and O–H groups in total. The highest BCUT2D eigenvalue weighted by atomic mass is 32.1. The number of fused-ring (bicyclic) bond motifs is 2. The van der Waals surface area contributed by atoms with Gasteiger partial charge in [0, 0.05) is 16.5 Å². The van der Waals surface area contributed by atoms with Crippen LogP contribution in [0.1, 0.15) is 29.2 Å². The number of piperidine rings is 1. The SMILES string of the molecule is Cc1ccc(-c2nccc3[nH]c(-c4n[nH]c5ccc(C6CCNCC6)cc45)nc23)s1. The molecule has 0 unspecified atom stereocenters. The van der Waals surface area contributed by atoms with E-state index in [1.807, 2.05) is 12.3 Å². The van der Waals surface area contributed by atoms with Crippen LogP contribution < -0.4 is 5.32 Å². The molecular formula is C23H22N6S. The summed E-state index contributed by atoms with van der Waals surface area (Å²) in [4.78, 5) is 15.4. The Bertz CT molecular complexity index is 1350. The lowest BCUT2D eigenvalue weighted by atomic mass is 9.89. The lowest BCUT2D eigenvalue weighted by Crippen LogP contribution is -2.26. The van der Waals surface area contributed by atoms with Crippen LogP contribution in [0.25, 0.3) is 44.0 Å². The Labute approximate surface area is 177 Å². The van der Waals surface area contributed by atoms with Crippen LogP contribution in [0.3, 0.4) is 0 Å². The van der Waals surface area contributed by atoms with Crippen molar-refractivity contribution in [2.45, 2.75) is 25.7 Å². The van der Waals surface area contributed by atoms with Crippen molar-refractivity contribution in [1.29, 1.82) is 0 Å². The summed E-state index contributed by atoms with van der Waals surface area (Å²) in [6, 6.07) is 12.9. The molecule has 6 nitrogen and oxygen atoms in total. The minimum Gasteiger partial charge on any atom is -0.336 e. The molecule has 150 valence electrons. The second-order valence-corrected chi connectivity index (χ2v) is 9.24. The largest absolute Gasteiger partial charge is 0.336 e. The Balaban J connectivity index is 1.47. The van der Waals surface area contributed by atoms with Crippen LogP contribution in [0.4, 0.5) is 0 Å². The van der Waals surface area contributed by atoms with Gasteiger partial charge in [0.1, 0.15) is 16.9 Å². The minimum absolute atomic E-state index is 0.604. The van der Waals surface area contributed by atoms with Crippen molar-refractivity contribution in [1.82, 2.24) is 30.5 Å². The smallest absolute Gasteiger partial charge is 0.159 e. The van der Waals surface area contributed by atoms with E-state index in [-0.39, 0.29) is 0 Å². The normalized spacial score (nSPS) is 15.4. The summed E-state index contributed by atoms with van der Waals surface area (Å²) in [6.45, 7) is 4.28. The average molecular weight is 415 g/mol. The number of H-pyrrole nitrogens is 2.